The van der Waals surface area contributed by atoms with E-state index in [-0.39, 0.29) is 5.82 Å². The van der Waals surface area contributed by atoms with Gasteiger partial charge in [0.05, 0.1) is 0 Å². The summed E-state index contributed by atoms with van der Waals surface area (Å²) in [6, 6.07) is 14.2. The molecule has 1 aliphatic rings. The predicted molar refractivity (Wildman–Crippen MR) is 85.8 cm³/mol. The number of hydrogen-bond acceptors (Lipinski definition) is 1. The van der Waals surface area contributed by atoms with Gasteiger partial charge in [0.15, 0.2) is 0 Å². The van der Waals surface area contributed by atoms with Crippen LogP contribution in [0.5, 0.6) is 0 Å². The molecule has 0 aromatic heterocycles. The zero-order valence-electron chi connectivity index (χ0n) is 12.5. The van der Waals surface area contributed by atoms with Gasteiger partial charge in [-0.05, 0) is 48.1 Å². The fourth-order valence-electron chi connectivity index (χ4n) is 2.84. The van der Waals surface area contributed by atoms with Gasteiger partial charge < -0.3 is 5.32 Å². The molecule has 2 aromatic rings. The van der Waals surface area contributed by atoms with Crippen molar-refractivity contribution in [1.29, 1.82) is 0 Å². The highest BCUT2D eigenvalue weighted by Gasteiger charge is 2.19. The Morgan fingerprint density at radius 3 is 2.57 bits per heavy atom. The first-order chi connectivity index (χ1) is 10.3. The van der Waals surface area contributed by atoms with Crippen LogP contribution in [0.4, 0.5) is 4.39 Å². The lowest BCUT2D eigenvalue weighted by molar-refractivity contribution is 0.420. The molecule has 0 atom stereocenters. The molecule has 0 bridgehead atoms. The molecule has 0 saturated heterocycles. The molecule has 2 aromatic carbocycles. The van der Waals surface area contributed by atoms with Crippen LogP contribution in [0.3, 0.4) is 0 Å². The van der Waals surface area contributed by atoms with Crippen LogP contribution >= 0.6 is 0 Å². The highest BCUT2D eigenvalue weighted by Crippen LogP contribution is 2.37. The number of benzene rings is 2. The fourth-order valence-corrected chi connectivity index (χ4v) is 2.84. The maximum atomic E-state index is 14.2. The average Bonchev–Trinajstić information content (AvgIpc) is 2.44. The summed E-state index contributed by atoms with van der Waals surface area (Å²) in [5.74, 6) is 0.588. The van der Waals surface area contributed by atoms with Crippen molar-refractivity contribution in [1.82, 2.24) is 5.32 Å². The van der Waals surface area contributed by atoms with Crippen molar-refractivity contribution >= 4 is 0 Å². The van der Waals surface area contributed by atoms with Crippen molar-refractivity contribution < 1.29 is 4.39 Å². The molecule has 0 amide bonds. The molecule has 0 radical (unpaired) electrons. The number of hydrogen-bond donors (Lipinski definition) is 1. The second-order valence-corrected chi connectivity index (χ2v) is 5.84. The third-order valence-electron chi connectivity index (χ3n) is 4.42. The summed E-state index contributed by atoms with van der Waals surface area (Å²) in [6.45, 7) is 3.47. The Hall–Kier alpha value is -1.67. The van der Waals surface area contributed by atoms with E-state index in [0.29, 0.717) is 12.5 Å². The summed E-state index contributed by atoms with van der Waals surface area (Å²) in [6.07, 6.45) is 3.92. The molecule has 21 heavy (non-hydrogen) atoms. The maximum absolute atomic E-state index is 14.2. The lowest BCUT2D eigenvalue weighted by atomic mass is 9.79. The van der Waals surface area contributed by atoms with Crippen molar-refractivity contribution in [3.05, 3.63) is 59.4 Å². The van der Waals surface area contributed by atoms with Crippen LogP contribution in [0, 0.1) is 5.82 Å². The van der Waals surface area contributed by atoms with Gasteiger partial charge in [-0.1, -0.05) is 49.7 Å². The molecule has 110 valence electrons. The van der Waals surface area contributed by atoms with E-state index in [9.17, 15) is 4.39 Å². The Morgan fingerprint density at radius 1 is 1.10 bits per heavy atom. The Bertz CT molecular complexity index is 617. The molecule has 1 fully saturated rings. The number of rotatable bonds is 5. The maximum Gasteiger partial charge on any atom is 0.128 e. The molecular formula is C19H22FN. The third kappa shape index (κ3) is 3.16. The normalized spacial score (nSPS) is 15.0. The van der Waals surface area contributed by atoms with Crippen LogP contribution in [0.15, 0.2) is 42.5 Å². The first-order valence-electron chi connectivity index (χ1n) is 7.87. The monoisotopic (exact) mass is 283 g/mol. The van der Waals surface area contributed by atoms with E-state index in [1.807, 2.05) is 19.1 Å². The summed E-state index contributed by atoms with van der Waals surface area (Å²) >= 11 is 0. The topological polar surface area (TPSA) is 12.0 Å². The van der Waals surface area contributed by atoms with E-state index < -0.39 is 0 Å². The Balaban J connectivity index is 1.84. The van der Waals surface area contributed by atoms with Crippen LogP contribution in [0.25, 0.3) is 11.1 Å². The Morgan fingerprint density at radius 2 is 1.90 bits per heavy atom. The Kier molecular flexibility index (Phi) is 4.35. The zero-order valence-corrected chi connectivity index (χ0v) is 12.5. The van der Waals surface area contributed by atoms with E-state index >= 15 is 0 Å². The highest BCUT2D eigenvalue weighted by molar-refractivity contribution is 5.65. The molecule has 0 aliphatic heterocycles. The van der Waals surface area contributed by atoms with E-state index in [1.165, 1.54) is 24.8 Å². The smallest absolute Gasteiger partial charge is 0.128 e. The summed E-state index contributed by atoms with van der Waals surface area (Å²) in [5.41, 5.74) is 4.22. The molecule has 1 nitrogen and oxygen atoms in total. The first kappa shape index (κ1) is 14.3. The third-order valence-corrected chi connectivity index (χ3v) is 4.42. The second kappa shape index (κ2) is 6.40. The summed E-state index contributed by atoms with van der Waals surface area (Å²) in [5, 5.41) is 3.16. The fraction of sp³-hybridized carbons (Fsp3) is 0.368. The second-order valence-electron chi connectivity index (χ2n) is 5.84. The van der Waals surface area contributed by atoms with Crippen molar-refractivity contribution in [2.45, 2.75) is 38.6 Å². The minimum atomic E-state index is -0.123. The van der Waals surface area contributed by atoms with Crippen LogP contribution in [-0.2, 0) is 6.54 Å². The molecule has 0 heterocycles. The van der Waals surface area contributed by atoms with Gasteiger partial charge in [0, 0.05) is 12.1 Å². The van der Waals surface area contributed by atoms with Crippen LogP contribution in [0.1, 0.15) is 43.2 Å². The summed E-state index contributed by atoms with van der Waals surface area (Å²) in [7, 11) is 0. The van der Waals surface area contributed by atoms with Gasteiger partial charge in [-0.3, -0.25) is 0 Å². The molecule has 2 heteroatoms. The highest BCUT2D eigenvalue weighted by atomic mass is 19.1. The lowest BCUT2D eigenvalue weighted by Crippen LogP contribution is -2.12. The van der Waals surface area contributed by atoms with Crippen molar-refractivity contribution in [3.8, 4) is 11.1 Å². The molecule has 1 saturated carbocycles. The SMILES string of the molecule is CCNCc1ccc(-c2cccc(C3CCC3)c2)cc1F. The largest absolute Gasteiger partial charge is 0.313 e. The Labute approximate surface area is 126 Å². The molecule has 0 unspecified atom stereocenters. The quantitative estimate of drug-likeness (QED) is 0.825. The first-order valence-corrected chi connectivity index (χ1v) is 7.87. The van der Waals surface area contributed by atoms with Gasteiger partial charge in [-0.15, -0.1) is 0 Å². The summed E-state index contributed by atoms with van der Waals surface area (Å²) in [4.78, 5) is 0. The predicted octanol–water partition coefficient (Wildman–Crippen LogP) is 4.87. The van der Waals surface area contributed by atoms with Gasteiger partial charge in [0.1, 0.15) is 5.82 Å². The minimum Gasteiger partial charge on any atom is -0.313 e. The molecular weight excluding hydrogens is 261 g/mol. The van der Waals surface area contributed by atoms with E-state index in [2.05, 4.69) is 29.6 Å². The van der Waals surface area contributed by atoms with E-state index in [0.717, 1.165) is 23.2 Å². The number of halogens is 1. The average molecular weight is 283 g/mol. The van der Waals surface area contributed by atoms with Crippen LogP contribution in [0.2, 0.25) is 0 Å². The molecule has 0 spiro atoms. The van der Waals surface area contributed by atoms with Crippen molar-refractivity contribution in [3.63, 3.8) is 0 Å². The van der Waals surface area contributed by atoms with Crippen molar-refractivity contribution in [2.75, 3.05) is 6.54 Å². The number of nitrogens with one attached hydrogen (secondary N) is 1. The van der Waals surface area contributed by atoms with E-state index in [1.54, 1.807) is 6.07 Å². The molecule has 3 rings (SSSR count). The lowest BCUT2D eigenvalue weighted by Gasteiger charge is -2.26. The van der Waals surface area contributed by atoms with Crippen LogP contribution < -0.4 is 5.32 Å². The molecule has 1 N–H and O–H groups in total. The van der Waals surface area contributed by atoms with Gasteiger partial charge in [0.25, 0.3) is 0 Å². The van der Waals surface area contributed by atoms with Gasteiger partial charge in [-0.25, -0.2) is 4.39 Å². The molecule has 1 aliphatic carbocycles. The van der Waals surface area contributed by atoms with Crippen molar-refractivity contribution in [2.24, 2.45) is 0 Å². The van der Waals surface area contributed by atoms with Crippen LogP contribution in [-0.4, -0.2) is 6.54 Å². The summed E-state index contributed by atoms with van der Waals surface area (Å²) < 4.78 is 14.2. The zero-order chi connectivity index (χ0) is 14.7. The van der Waals surface area contributed by atoms with Gasteiger partial charge >= 0.3 is 0 Å². The van der Waals surface area contributed by atoms with E-state index in [4.69, 9.17) is 0 Å². The minimum absolute atomic E-state index is 0.123. The standard InChI is InChI=1S/C19H22FN/c1-2-21-13-18-10-9-17(12-19(18)20)16-8-4-7-15(11-16)14-5-3-6-14/h4,7-12,14,21H,2-3,5-6,13H2,1H3. The van der Waals surface area contributed by atoms with Gasteiger partial charge in [0.2, 0.25) is 0 Å². The van der Waals surface area contributed by atoms with Gasteiger partial charge in [-0.2, -0.15) is 0 Å².